The van der Waals surface area contributed by atoms with E-state index in [1.165, 1.54) is 6.42 Å². The molecule has 0 aromatic rings. The minimum Gasteiger partial charge on any atom is -0.393 e. The lowest BCUT2D eigenvalue weighted by Gasteiger charge is -2.14. The number of nitrogens with zero attached hydrogens (tertiary/aromatic N) is 1. The SMILES string of the molecule is CCNC(=NCC1CCCC1O)NC1CC1C.I. The summed E-state index contributed by atoms with van der Waals surface area (Å²) < 4.78 is 0. The lowest BCUT2D eigenvalue weighted by Crippen LogP contribution is -2.39. The molecule has 0 aromatic heterocycles. The van der Waals surface area contributed by atoms with E-state index in [9.17, 15) is 5.11 Å². The van der Waals surface area contributed by atoms with Crippen LogP contribution in [0.15, 0.2) is 4.99 Å². The van der Waals surface area contributed by atoms with E-state index in [1.54, 1.807) is 0 Å². The van der Waals surface area contributed by atoms with Gasteiger partial charge in [-0.2, -0.15) is 0 Å². The Bertz CT molecular complexity index is 285. The molecule has 0 aliphatic heterocycles. The topological polar surface area (TPSA) is 56.7 Å². The maximum Gasteiger partial charge on any atom is 0.191 e. The molecule has 2 fully saturated rings. The number of nitrogens with one attached hydrogen (secondary N) is 2. The Morgan fingerprint density at radius 3 is 2.61 bits per heavy atom. The summed E-state index contributed by atoms with van der Waals surface area (Å²) in [6.45, 7) is 5.97. The standard InChI is InChI=1S/C13H25N3O.HI/c1-3-14-13(16-11-7-9(11)2)15-8-10-5-4-6-12(10)17;/h9-12,17H,3-8H2,1-2H3,(H2,14,15,16);1H. The number of aliphatic hydroxyl groups is 1. The van der Waals surface area contributed by atoms with Gasteiger partial charge < -0.3 is 15.7 Å². The second-order valence-corrected chi connectivity index (χ2v) is 5.44. The number of hydrogen-bond acceptors (Lipinski definition) is 2. The smallest absolute Gasteiger partial charge is 0.191 e. The van der Waals surface area contributed by atoms with E-state index in [1.807, 2.05) is 0 Å². The normalized spacial score (nSPS) is 34.9. The molecule has 0 radical (unpaired) electrons. The molecule has 4 nitrogen and oxygen atoms in total. The van der Waals surface area contributed by atoms with Crippen LogP contribution in [-0.4, -0.2) is 36.3 Å². The number of guanidine groups is 1. The van der Waals surface area contributed by atoms with Crippen molar-refractivity contribution in [3.63, 3.8) is 0 Å². The Labute approximate surface area is 127 Å². The van der Waals surface area contributed by atoms with Crippen LogP contribution in [-0.2, 0) is 0 Å². The van der Waals surface area contributed by atoms with Crippen molar-refractivity contribution in [1.29, 1.82) is 0 Å². The van der Waals surface area contributed by atoms with Crippen molar-refractivity contribution in [2.24, 2.45) is 16.8 Å². The Kier molecular flexibility index (Phi) is 6.70. The van der Waals surface area contributed by atoms with Crippen molar-refractivity contribution in [2.75, 3.05) is 13.1 Å². The van der Waals surface area contributed by atoms with Gasteiger partial charge in [0.05, 0.1) is 6.10 Å². The highest BCUT2D eigenvalue weighted by Crippen LogP contribution is 2.29. The third-order valence-electron chi connectivity index (χ3n) is 3.88. The molecular weight excluding hydrogens is 341 g/mol. The zero-order valence-electron chi connectivity index (χ0n) is 11.4. The van der Waals surface area contributed by atoms with Crippen LogP contribution in [0, 0.1) is 11.8 Å². The van der Waals surface area contributed by atoms with E-state index >= 15 is 0 Å². The molecule has 5 heteroatoms. The predicted molar refractivity (Wildman–Crippen MR) is 85.4 cm³/mol. The third-order valence-corrected chi connectivity index (χ3v) is 3.88. The first-order valence-electron chi connectivity index (χ1n) is 6.93. The molecule has 0 saturated heterocycles. The van der Waals surface area contributed by atoms with Crippen LogP contribution >= 0.6 is 24.0 Å². The largest absolute Gasteiger partial charge is 0.393 e. The summed E-state index contributed by atoms with van der Waals surface area (Å²) in [6.07, 6.45) is 4.32. The van der Waals surface area contributed by atoms with E-state index in [0.717, 1.165) is 44.2 Å². The minimum atomic E-state index is -0.138. The molecule has 3 N–H and O–H groups in total. The fourth-order valence-electron chi connectivity index (χ4n) is 2.46. The van der Waals surface area contributed by atoms with E-state index < -0.39 is 0 Å². The first kappa shape index (κ1) is 16.0. The summed E-state index contributed by atoms with van der Waals surface area (Å²) >= 11 is 0. The van der Waals surface area contributed by atoms with Crippen LogP contribution in [0.1, 0.15) is 39.5 Å². The number of aliphatic hydroxyl groups excluding tert-OH is 1. The second-order valence-electron chi connectivity index (χ2n) is 5.44. The molecular formula is C13H26IN3O. The maximum atomic E-state index is 9.76. The van der Waals surface area contributed by atoms with Gasteiger partial charge in [0.1, 0.15) is 0 Å². The van der Waals surface area contributed by atoms with E-state index in [2.05, 4.69) is 29.5 Å². The van der Waals surface area contributed by atoms with Gasteiger partial charge in [-0.15, -0.1) is 24.0 Å². The van der Waals surface area contributed by atoms with Gasteiger partial charge in [-0.25, -0.2) is 0 Å². The zero-order chi connectivity index (χ0) is 12.3. The van der Waals surface area contributed by atoms with Gasteiger partial charge in [0.25, 0.3) is 0 Å². The van der Waals surface area contributed by atoms with Gasteiger partial charge in [-0.1, -0.05) is 13.3 Å². The molecule has 18 heavy (non-hydrogen) atoms. The molecule has 2 rings (SSSR count). The first-order chi connectivity index (χ1) is 8.20. The van der Waals surface area contributed by atoms with Gasteiger partial charge in [-0.3, -0.25) is 4.99 Å². The Morgan fingerprint density at radius 2 is 2.11 bits per heavy atom. The lowest BCUT2D eigenvalue weighted by molar-refractivity contribution is 0.136. The average molecular weight is 367 g/mol. The molecule has 0 bridgehead atoms. The molecule has 0 spiro atoms. The summed E-state index contributed by atoms with van der Waals surface area (Å²) in [5.41, 5.74) is 0. The highest BCUT2D eigenvalue weighted by Gasteiger charge is 2.33. The Hall–Kier alpha value is -0.0400. The molecule has 106 valence electrons. The summed E-state index contributed by atoms with van der Waals surface area (Å²) in [7, 11) is 0. The average Bonchev–Trinajstić information content (AvgIpc) is 2.83. The van der Waals surface area contributed by atoms with Crippen molar-refractivity contribution < 1.29 is 5.11 Å². The minimum absolute atomic E-state index is 0. The predicted octanol–water partition coefficient (Wildman–Crippen LogP) is 1.73. The van der Waals surface area contributed by atoms with Gasteiger partial charge >= 0.3 is 0 Å². The quantitative estimate of drug-likeness (QED) is 0.403. The molecule has 0 heterocycles. The summed E-state index contributed by atoms with van der Waals surface area (Å²) in [4.78, 5) is 4.59. The number of aliphatic imine (C=N–C) groups is 1. The van der Waals surface area contributed by atoms with Crippen LogP contribution in [0.2, 0.25) is 0 Å². The van der Waals surface area contributed by atoms with Gasteiger partial charge in [0.2, 0.25) is 0 Å². The monoisotopic (exact) mass is 367 g/mol. The van der Waals surface area contributed by atoms with Crippen molar-refractivity contribution in [1.82, 2.24) is 10.6 Å². The van der Waals surface area contributed by atoms with E-state index in [4.69, 9.17) is 0 Å². The number of halogens is 1. The fraction of sp³-hybridized carbons (Fsp3) is 0.923. The molecule has 0 aromatic carbocycles. The van der Waals surface area contributed by atoms with Crippen molar-refractivity contribution in [3.05, 3.63) is 0 Å². The van der Waals surface area contributed by atoms with Crippen LogP contribution in [0.5, 0.6) is 0 Å². The van der Waals surface area contributed by atoms with Crippen molar-refractivity contribution >= 4 is 29.9 Å². The Morgan fingerprint density at radius 1 is 1.39 bits per heavy atom. The van der Waals surface area contributed by atoms with Gasteiger partial charge in [-0.05, 0) is 32.1 Å². The molecule has 2 aliphatic carbocycles. The lowest BCUT2D eigenvalue weighted by atomic mass is 10.1. The second kappa shape index (κ2) is 7.53. The number of hydrogen-bond donors (Lipinski definition) is 3. The van der Waals surface area contributed by atoms with Crippen molar-refractivity contribution in [3.8, 4) is 0 Å². The highest BCUT2D eigenvalue weighted by molar-refractivity contribution is 14.0. The highest BCUT2D eigenvalue weighted by atomic mass is 127. The summed E-state index contributed by atoms with van der Waals surface area (Å²) in [5.74, 6) is 2.05. The van der Waals surface area contributed by atoms with Crippen LogP contribution in [0.4, 0.5) is 0 Å². The molecule has 4 atom stereocenters. The fourth-order valence-corrected chi connectivity index (χ4v) is 2.46. The van der Waals surface area contributed by atoms with Crippen LogP contribution in [0.3, 0.4) is 0 Å². The zero-order valence-corrected chi connectivity index (χ0v) is 13.7. The third kappa shape index (κ3) is 4.57. The number of rotatable bonds is 4. The van der Waals surface area contributed by atoms with Crippen LogP contribution in [0.25, 0.3) is 0 Å². The Balaban J connectivity index is 0.00000162. The maximum absolute atomic E-state index is 9.76. The van der Waals surface area contributed by atoms with E-state index in [0.29, 0.717) is 12.0 Å². The van der Waals surface area contributed by atoms with Crippen molar-refractivity contribution in [2.45, 2.75) is 51.7 Å². The summed E-state index contributed by atoms with van der Waals surface area (Å²) in [5, 5.41) is 16.5. The van der Waals surface area contributed by atoms with Crippen LogP contribution < -0.4 is 10.6 Å². The van der Waals surface area contributed by atoms with Gasteiger partial charge in [0.15, 0.2) is 5.96 Å². The van der Waals surface area contributed by atoms with Gasteiger partial charge in [0, 0.05) is 25.0 Å². The van der Waals surface area contributed by atoms with E-state index in [-0.39, 0.29) is 30.1 Å². The molecule has 2 saturated carbocycles. The first-order valence-corrected chi connectivity index (χ1v) is 6.93. The molecule has 4 unspecified atom stereocenters. The summed E-state index contributed by atoms with van der Waals surface area (Å²) in [6, 6.07) is 0.598. The molecule has 2 aliphatic rings. The molecule has 0 amide bonds.